The molecule has 0 aliphatic carbocycles. The zero-order valence-corrected chi connectivity index (χ0v) is 12.6. The summed E-state index contributed by atoms with van der Waals surface area (Å²) in [6.45, 7) is 5.64. The third-order valence-corrected chi connectivity index (χ3v) is 4.96. The maximum atomic E-state index is 12.6. The van der Waals surface area contributed by atoms with Gasteiger partial charge < -0.3 is 10.6 Å². The molecule has 20 heavy (non-hydrogen) atoms. The van der Waals surface area contributed by atoms with E-state index in [1.54, 1.807) is 0 Å². The molecule has 3 nitrogen and oxygen atoms in total. The van der Waals surface area contributed by atoms with Crippen molar-refractivity contribution in [2.24, 2.45) is 0 Å². The second-order valence-electron chi connectivity index (χ2n) is 5.40. The van der Waals surface area contributed by atoms with E-state index < -0.39 is 0 Å². The Morgan fingerprint density at radius 3 is 2.85 bits per heavy atom. The quantitative estimate of drug-likeness (QED) is 0.814. The number of thiophene rings is 1. The van der Waals surface area contributed by atoms with Crippen molar-refractivity contribution in [3.05, 3.63) is 40.3 Å². The lowest BCUT2D eigenvalue weighted by molar-refractivity contribution is 0.0775. The SMILES string of the molecule is CC1=CCN(C(=O)c2sc3cc(C)ccc3c2N)CC1. The maximum Gasteiger partial charge on any atom is 0.266 e. The van der Waals surface area contributed by atoms with Gasteiger partial charge in [0.05, 0.1) is 5.69 Å². The number of carbonyl (C=O) groups is 1. The summed E-state index contributed by atoms with van der Waals surface area (Å²) in [6, 6.07) is 6.13. The highest BCUT2D eigenvalue weighted by atomic mass is 32.1. The van der Waals surface area contributed by atoms with Crippen LogP contribution in [0.25, 0.3) is 10.1 Å². The lowest BCUT2D eigenvalue weighted by atomic mass is 10.1. The smallest absolute Gasteiger partial charge is 0.266 e. The first-order valence-electron chi connectivity index (χ1n) is 6.80. The molecule has 0 fully saturated rings. The second kappa shape index (κ2) is 4.94. The van der Waals surface area contributed by atoms with Crippen molar-refractivity contribution in [2.45, 2.75) is 20.3 Å². The van der Waals surface area contributed by atoms with Crippen molar-refractivity contribution in [3.63, 3.8) is 0 Å². The molecule has 4 heteroatoms. The summed E-state index contributed by atoms with van der Waals surface area (Å²) < 4.78 is 1.09. The minimum Gasteiger partial charge on any atom is -0.397 e. The summed E-state index contributed by atoms with van der Waals surface area (Å²) in [6.07, 6.45) is 3.07. The highest BCUT2D eigenvalue weighted by Gasteiger charge is 2.22. The van der Waals surface area contributed by atoms with Crippen LogP contribution in [0.15, 0.2) is 29.8 Å². The number of rotatable bonds is 1. The van der Waals surface area contributed by atoms with Crippen LogP contribution >= 0.6 is 11.3 Å². The molecule has 0 saturated heterocycles. The number of hydrogen-bond donors (Lipinski definition) is 1. The number of benzene rings is 1. The van der Waals surface area contributed by atoms with E-state index in [0.717, 1.165) is 23.1 Å². The van der Waals surface area contributed by atoms with Gasteiger partial charge >= 0.3 is 0 Å². The minimum atomic E-state index is 0.0603. The van der Waals surface area contributed by atoms with Crippen molar-refractivity contribution < 1.29 is 4.79 Å². The van der Waals surface area contributed by atoms with Gasteiger partial charge in [-0.15, -0.1) is 11.3 Å². The third kappa shape index (κ3) is 2.20. The largest absolute Gasteiger partial charge is 0.397 e. The molecular formula is C16H18N2OS. The molecule has 0 spiro atoms. The van der Waals surface area contributed by atoms with E-state index in [2.05, 4.69) is 26.0 Å². The summed E-state index contributed by atoms with van der Waals surface area (Å²) in [7, 11) is 0. The van der Waals surface area contributed by atoms with Crippen LogP contribution in [0.2, 0.25) is 0 Å². The number of amides is 1. The lowest BCUT2D eigenvalue weighted by Gasteiger charge is -2.25. The van der Waals surface area contributed by atoms with Crippen molar-refractivity contribution in [1.82, 2.24) is 4.90 Å². The van der Waals surface area contributed by atoms with Crippen LogP contribution in [-0.2, 0) is 0 Å². The molecule has 1 aromatic carbocycles. The predicted octanol–water partition coefficient (Wildman–Crippen LogP) is 3.58. The molecule has 1 aliphatic rings. The molecule has 2 aromatic rings. The Balaban J connectivity index is 1.98. The lowest BCUT2D eigenvalue weighted by Crippen LogP contribution is -2.34. The molecule has 1 aromatic heterocycles. The number of nitrogen functional groups attached to an aromatic ring is 1. The van der Waals surface area contributed by atoms with Gasteiger partial charge in [-0.3, -0.25) is 4.79 Å². The molecule has 2 heterocycles. The second-order valence-corrected chi connectivity index (χ2v) is 6.45. The topological polar surface area (TPSA) is 46.3 Å². The molecule has 0 saturated carbocycles. The van der Waals surface area contributed by atoms with Crippen LogP contribution < -0.4 is 5.73 Å². The first-order chi connectivity index (χ1) is 9.56. The number of carbonyl (C=O) groups excluding carboxylic acids is 1. The molecule has 2 N–H and O–H groups in total. The van der Waals surface area contributed by atoms with E-state index in [0.29, 0.717) is 17.1 Å². The van der Waals surface area contributed by atoms with Gasteiger partial charge in [0, 0.05) is 23.2 Å². The van der Waals surface area contributed by atoms with E-state index in [1.807, 2.05) is 17.0 Å². The van der Waals surface area contributed by atoms with Crippen molar-refractivity contribution in [3.8, 4) is 0 Å². The van der Waals surface area contributed by atoms with E-state index in [4.69, 9.17) is 5.73 Å². The van der Waals surface area contributed by atoms with Crippen LogP contribution in [-0.4, -0.2) is 23.9 Å². The highest BCUT2D eigenvalue weighted by molar-refractivity contribution is 7.21. The normalized spacial score (nSPS) is 15.5. The number of aryl methyl sites for hydroxylation is 1. The Kier molecular flexibility index (Phi) is 3.26. The van der Waals surface area contributed by atoms with E-state index in [9.17, 15) is 4.79 Å². The van der Waals surface area contributed by atoms with Gasteiger partial charge in [0.1, 0.15) is 4.88 Å². The average Bonchev–Trinajstić information content (AvgIpc) is 2.75. The number of nitrogens with two attached hydrogens (primary N) is 1. The van der Waals surface area contributed by atoms with Crippen LogP contribution in [0.3, 0.4) is 0 Å². The van der Waals surface area contributed by atoms with E-state index >= 15 is 0 Å². The van der Waals surface area contributed by atoms with Gasteiger partial charge in [-0.05, 0) is 31.9 Å². The standard InChI is InChI=1S/C16H18N2OS/c1-10-5-7-18(8-6-10)16(19)15-14(17)12-4-3-11(2)9-13(12)20-15/h3-5,9H,6-8,17H2,1-2H3. The molecule has 0 atom stereocenters. The monoisotopic (exact) mass is 286 g/mol. The fourth-order valence-electron chi connectivity index (χ4n) is 2.48. The number of fused-ring (bicyclic) bond motifs is 1. The Bertz CT molecular complexity index is 715. The fourth-order valence-corrected chi connectivity index (χ4v) is 3.67. The fraction of sp³-hybridized carbons (Fsp3) is 0.312. The van der Waals surface area contributed by atoms with Crippen molar-refractivity contribution >= 4 is 33.0 Å². The summed E-state index contributed by atoms with van der Waals surface area (Å²) in [5.41, 5.74) is 9.34. The third-order valence-electron chi connectivity index (χ3n) is 3.80. The zero-order valence-electron chi connectivity index (χ0n) is 11.8. The number of nitrogens with zero attached hydrogens (tertiary/aromatic N) is 1. The van der Waals surface area contributed by atoms with Crippen LogP contribution in [0.5, 0.6) is 0 Å². The molecule has 104 valence electrons. The minimum absolute atomic E-state index is 0.0603. The first kappa shape index (κ1) is 13.2. The van der Waals surface area contributed by atoms with Gasteiger partial charge in [-0.2, -0.15) is 0 Å². The Morgan fingerprint density at radius 2 is 2.15 bits per heavy atom. The molecule has 0 unspecified atom stereocenters. The number of anilines is 1. The van der Waals surface area contributed by atoms with E-state index in [-0.39, 0.29) is 5.91 Å². The zero-order chi connectivity index (χ0) is 14.3. The maximum absolute atomic E-state index is 12.6. The molecular weight excluding hydrogens is 268 g/mol. The summed E-state index contributed by atoms with van der Waals surface area (Å²) in [4.78, 5) is 15.2. The summed E-state index contributed by atoms with van der Waals surface area (Å²) in [5, 5.41) is 0.993. The van der Waals surface area contributed by atoms with E-state index in [1.165, 1.54) is 22.5 Å². The highest BCUT2D eigenvalue weighted by Crippen LogP contribution is 2.35. The Hall–Kier alpha value is -1.81. The molecule has 1 amide bonds. The van der Waals surface area contributed by atoms with Crippen molar-refractivity contribution in [2.75, 3.05) is 18.8 Å². The predicted molar refractivity (Wildman–Crippen MR) is 85.3 cm³/mol. The molecule has 1 aliphatic heterocycles. The first-order valence-corrected chi connectivity index (χ1v) is 7.61. The average molecular weight is 286 g/mol. The van der Waals surface area contributed by atoms with Crippen LogP contribution in [0.4, 0.5) is 5.69 Å². The summed E-state index contributed by atoms with van der Waals surface area (Å²) in [5.74, 6) is 0.0603. The van der Waals surface area contributed by atoms with Gasteiger partial charge in [-0.1, -0.05) is 23.8 Å². The molecule has 0 bridgehead atoms. The van der Waals surface area contributed by atoms with Gasteiger partial charge in [-0.25, -0.2) is 0 Å². The Labute approximate surface area is 122 Å². The van der Waals surface area contributed by atoms with Crippen molar-refractivity contribution in [1.29, 1.82) is 0 Å². The molecule has 3 rings (SSSR count). The number of hydrogen-bond acceptors (Lipinski definition) is 3. The van der Waals surface area contributed by atoms with Gasteiger partial charge in [0.2, 0.25) is 0 Å². The molecule has 0 radical (unpaired) electrons. The van der Waals surface area contributed by atoms with Crippen LogP contribution in [0.1, 0.15) is 28.6 Å². The van der Waals surface area contributed by atoms with Gasteiger partial charge in [0.25, 0.3) is 5.91 Å². The Morgan fingerprint density at radius 1 is 1.35 bits per heavy atom. The van der Waals surface area contributed by atoms with Crippen LogP contribution in [0, 0.1) is 6.92 Å². The van der Waals surface area contributed by atoms with Gasteiger partial charge in [0.15, 0.2) is 0 Å². The summed E-state index contributed by atoms with van der Waals surface area (Å²) >= 11 is 1.50.